The third-order valence-corrected chi connectivity index (χ3v) is 5.97. The SMILES string of the molecule is CCNC(Cc1ccc(I)cc1)c1cc(Br)sc1Br. The number of nitrogens with one attached hydrogen (secondary N) is 1. The molecule has 1 heterocycles. The van der Waals surface area contributed by atoms with Crippen molar-refractivity contribution in [2.75, 3.05) is 6.54 Å². The second kappa shape index (κ2) is 7.54. The molecule has 0 radical (unpaired) electrons. The number of hydrogen-bond donors (Lipinski definition) is 1. The summed E-state index contributed by atoms with van der Waals surface area (Å²) in [6.07, 6.45) is 1.01. The fourth-order valence-electron chi connectivity index (χ4n) is 1.99. The number of halogens is 3. The molecule has 1 N–H and O–H groups in total. The summed E-state index contributed by atoms with van der Waals surface area (Å²) in [7, 11) is 0. The summed E-state index contributed by atoms with van der Waals surface area (Å²) in [5.41, 5.74) is 2.69. The van der Waals surface area contributed by atoms with Gasteiger partial charge in [-0.25, -0.2) is 0 Å². The van der Waals surface area contributed by atoms with Gasteiger partial charge in [0.15, 0.2) is 0 Å². The Hall–Kier alpha value is 0.570. The summed E-state index contributed by atoms with van der Waals surface area (Å²) in [5.74, 6) is 0. The van der Waals surface area contributed by atoms with Gasteiger partial charge in [0.1, 0.15) is 0 Å². The first-order chi connectivity index (χ1) is 9.10. The van der Waals surface area contributed by atoms with Gasteiger partial charge in [-0.15, -0.1) is 11.3 Å². The van der Waals surface area contributed by atoms with Gasteiger partial charge in [0.2, 0.25) is 0 Å². The third kappa shape index (κ3) is 4.52. The topological polar surface area (TPSA) is 12.0 Å². The van der Waals surface area contributed by atoms with Crippen LogP contribution < -0.4 is 5.32 Å². The van der Waals surface area contributed by atoms with E-state index >= 15 is 0 Å². The maximum atomic E-state index is 3.66. The van der Waals surface area contributed by atoms with E-state index in [-0.39, 0.29) is 0 Å². The van der Waals surface area contributed by atoms with E-state index in [0.29, 0.717) is 6.04 Å². The summed E-state index contributed by atoms with van der Waals surface area (Å²) in [4.78, 5) is 0. The first-order valence-corrected chi connectivity index (χ1v) is 9.50. The van der Waals surface area contributed by atoms with E-state index in [4.69, 9.17) is 0 Å². The average Bonchev–Trinajstić information content (AvgIpc) is 2.71. The van der Waals surface area contributed by atoms with Gasteiger partial charge in [0.25, 0.3) is 0 Å². The van der Waals surface area contributed by atoms with Crippen molar-refractivity contribution >= 4 is 65.8 Å². The second-order valence-corrected chi connectivity index (χ2v) is 9.22. The molecular weight excluding hydrogens is 501 g/mol. The van der Waals surface area contributed by atoms with Crippen LogP contribution >= 0.6 is 65.8 Å². The highest BCUT2D eigenvalue weighted by molar-refractivity contribution is 14.1. The molecule has 2 aromatic rings. The van der Waals surface area contributed by atoms with Crippen molar-refractivity contribution in [3.63, 3.8) is 0 Å². The molecule has 0 aliphatic rings. The minimum Gasteiger partial charge on any atom is -0.310 e. The molecule has 2 rings (SSSR count). The minimum absolute atomic E-state index is 0.349. The Labute approximate surface area is 148 Å². The van der Waals surface area contributed by atoms with Gasteiger partial charge in [-0.1, -0.05) is 19.1 Å². The zero-order chi connectivity index (χ0) is 13.8. The molecule has 102 valence electrons. The maximum Gasteiger partial charge on any atom is 0.0758 e. The Morgan fingerprint density at radius 3 is 2.47 bits per heavy atom. The van der Waals surface area contributed by atoms with E-state index in [1.165, 1.54) is 22.3 Å². The van der Waals surface area contributed by atoms with Crippen LogP contribution in [-0.2, 0) is 6.42 Å². The molecule has 1 unspecified atom stereocenters. The highest BCUT2D eigenvalue weighted by Crippen LogP contribution is 2.36. The normalized spacial score (nSPS) is 12.6. The first-order valence-electron chi connectivity index (χ1n) is 6.02. The molecule has 0 bridgehead atoms. The smallest absolute Gasteiger partial charge is 0.0758 e. The lowest BCUT2D eigenvalue weighted by Gasteiger charge is -2.18. The molecule has 0 fully saturated rings. The van der Waals surface area contributed by atoms with Crippen LogP contribution in [0.1, 0.15) is 24.1 Å². The van der Waals surface area contributed by atoms with Crippen LogP contribution in [0.2, 0.25) is 0 Å². The van der Waals surface area contributed by atoms with Gasteiger partial charge in [-0.05, 0) is 96.7 Å². The number of hydrogen-bond acceptors (Lipinski definition) is 2. The Morgan fingerprint density at radius 1 is 1.26 bits per heavy atom. The minimum atomic E-state index is 0.349. The van der Waals surface area contributed by atoms with E-state index in [1.54, 1.807) is 11.3 Å². The van der Waals surface area contributed by atoms with Crippen LogP contribution in [0.25, 0.3) is 0 Å². The van der Waals surface area contributed by atoms with Crippen molar-refractivity contribution < 1.29 is 0 Å². The molecular formula is C14H14Br2INS. The summed E-state index contributed by atoms with van der Waals surface area (Å²) in [5, 5.41) is 3.57. The highest BCUT2D eigenvalue weighted by Gasteiger charge is 2.16. The van der Waals surface area contributed by atoms with Crippen molar-refractivity contribution in [3.8, 4) is 0 Å². The molecule has 0 amide bonds. The van der Waals surface area contributed by atoms with Crippen LogP contribution in [-0.4, -0.2) is 6.54 Å². The van der Waals surface area contributed by atoms with Gasteiger partial charge < -0.3 is 5.32 Å². The predicted octanol–water partition coefficient (Wildman–Crippen LogP) is 5.77. The van der Waals surface area contributed by atoms with Crippen LogP contribution in [0.4, 0.5) is 0 Å². The van der Waals surface area contributed by atoms with Gasteiger partial charge in [-0.3, -0.25) is 0 Å². The van der Waals surface area contributed by atoms with Crippen molar-refractivity contribution in [1.29, 1.82) is 0 Å². The molecule has 5 heteroatoms. The molecule has 0 aliphatic heterocycles. The Kier molecular flexibility index (Phi) is 6.33. The molecule has 19 heavy (non-hydrogen) atoms. The Bertz CT molecular complexity index is 539. The summed E-state index contributed by atoms with van der Waals surface area (Å²) in [6, 6.07) is 11.3. The van der Waals surface area contributed by atoms with E-state index < -0.39 is 0 Å². The predicted molar refractivity (Wildman–Crippen MR) is 99.0 cm³/mol. The number of rotatable bonds is 5. The number of thiophene rings is 1. The van der Waals surface area contributed by atoms with Gasteiger partial charge >= 0.3 is 0 Å². The van der Waals surface area contributed by atoms with Crippen LogP contribution in [0.15, 0.2) is 37.9 Å². The third-order valence-electron chi connectivity index (χ3n) is 2.86. The highest BCUT2D eigenvalue weighted by atomic mass is 127. The van der Waals surface area contributed by atoms with E-state index in [0.717, 1.165) is 13.0 Å². The first kappa shape index (κ1) is 15.9. The maximum absolute atomic E-state index is 3.66. The fourth-order valence-corrected chi connectivity index (χ4v) is 5.32. The van der Waals surface area contributed by atoms with Gasteiger partial charge in [-0.2, -0.15) is 0 Å². The second-order valence-electron chi connectivity index (χ2n) is 4.22. The lowest BCUT2D eigenvalue weighted by atomic mass is 10.0. The number of likely N-dealkylation sites (N-methyl/N-ethyl adjacent to an activating group) is 1. The molecule has 1 nitrogen and oxygen atoms in total. The van der Waals surface area contributed by atoms with Gasteiger partial charge in [0.05, 0.1) is 7.57 Å². The zero-order valence-electron chi connectivity index (χ0n) is 10.4. The largest absolute Gasteiger partial charge is 0.310 e. The molecule has 0 saturated heterocycles. The Morgan fingerprint density at radius 2 is 1.95 bits per heavy atom. The van der Waals surface area contributed by atoms with Crippen LogP contribution in [0.5, 0.6) is 0 Å². The monoisotopic (exact) mass is 513 g/mol. The van der Waals surface area contributed by atoms with Crippen LogP contribution in [0, 0.1) is 3.57 Å². The van der Waals surface area contributed by atoms with Gasteiger partial charge in [0, 0.05) is 9.61 Å². The Balaban J connectivity index is 2.20. The molecule has 1 aromatic carbocycles. The molecule has 0 saturated carbocycles. The molecule has 0 aliphatic carbocycles. The lowest BCUT2D eigenvalue weighted by molar-refractivity contribution is 0.549. The quantitative estimate of drug-likeness (QED) is 0.499. The van der Waals surface area contributed by atoms with Crippen molar-refractivity contribution in [2.45, 2.75) is 19.4 Å². The van der Waals surface area contributed by atoms with E-state index in [2.05, 4.69) is 97.0 Å². The molecule has 0 spiro atoms. The molecule has 1 atom stereocenters. The standard InChI is InChI=1S/C14H14Br2INS/c1-2-18-12(11-8-13(15)19-14(11)16)7-9-3-5-10(17)6-4-9/h3-6,8,12,18H,2,7H2,1H3. The van der Waals surface area contributed by atoms with Crippen LogP contribution in [0.3, 0.4) is 0 Å². The zero-order valence-corrected chi connectivity index (χ0v) is 16.6. The summed E-state index contributed by atoms with van der Waals surface area (Å²) < 4.78 is 3.65. The van der Waals surface area contributed by atoms with E-state index in [1.807, 2.05) is 0 Å². The number of benzene rings is 1. The van der Waals surface area contributed by atoms with Crippen molar-refractivity contribution in [2.24, 2.45) is 0 Å². The summed E-state index contributed by atoms with van der Waals surface area (Å²) >= 11 is 11.3. The lowest BCUT2D eigenvalue weighted by Crippen LogP contribution is -2.22. The average molecular weight is 515 g/mol. The molecule has 1 aromatic heterocycles. The summed E-state index contributed by atoms with van der Waals surface area (Å²) in [6.45, 7) is 3.12. The van der Waals surface area contributed by atoms with Crippen molar-refractivity contribution in [1.82, 2.24) is 5.32 Å². The fraction of sp³-hybridized carbons (Fsp3) is 0.286. The van der Waals surface area contributed by atoms with E-state index in [9.17, 15) is 0 Å². The van der Waals surface area contributed by atoms with Crippen molar-refractivity contribution in [3.05, 3.63) is 52.6 Å².